The molecule has 0 radical (unpaired) electrons. The monoisotopic (exact) mass is 270 g/mol. The first-order chi connectivity index (χ1) is 8.76. The van der Waals surface area contributed by atoms with Crippen LogP contribution in [-0.2, 0) is 4.74 Å². The van der Waals surface area contributed by atoms with E-state index < -0.39 is 5.60 Å². The summed E-state index contributed by atoms with van der Waals surface area (Å²) in [6, 6.07) is 0. The highest BCUT2D eigenvalue weighted by Gasteiger charge is 2.50. The molecule has 2 atom stereocenters. The number of carbonyl (C=O) groups excluding carboxylic acids is 1. The molecule has 2 aliphatic rings. The second-order valence-corrected chi connectivity index (χ2v) is 7.09. The molecule has 1 amide bonds. The molecule has 0 spiro atoms. The van der Waals surface area contributed by atoms with Crippen LogP contribution in [0.1, 0.15) is 27.2 Å². The van der Waals surface area contributed by atoms with Crippen LogP contribution in [0.25, 0.3) is 0 Å². The van der Waals surface area contributed by atoms with E-state index in [0.717, 1.165) is 19.5 Å². The van der Waals surface area contributed by atoms with Crippen LogP contribution in [0.4, 0.5) is 4.79 Å². The molecule has 0 bridgehead atoms. The largest absolute Gasteiger partial charge is 0.444 e. The maximum absolute atomic E-state index is 12.2. The highest BCUT2D eigenvalue weighted by Crippen LogP contribution is 2.42. The normalized spacial score (nSPS) is 32.3. The van der Waals surface area contributed by atoms with Crippen molar-refractivity contribution >= 4 is 6.09 Å². The van der Waals surface area contributed by atoms with Gasteiger partial charge in [-0.05, 0) is 46.7 Å². The Balaban J connectivity index is 2.06. The second kappa shape index (κ2) is 4.94. The molecule has 2 rings (SSSR count). The Hall–Kier alpha value is -0.810. The minimum Gasteiger partial charge on any atom is -0.444 e. The Bertz CT molecular complexity index is 353. The van der Waals surface area contributed by atoms with Gasteiger partial charge in [0, 0.05) is 25.0 Å². The van der Waals surface area contributed by atoms with E-state index in [1.165, 1.54) is 0 Å². The molecule has 2 heterocycles. The van der Waals surface area contributed by atoms with Crippen molar-refractivity contribution in [3.05, 3.63) is 0 Å². The fraction of sp³-hybridized carbons (Fsp3) is 0.929. The average Bonchev–Trinajstić information content (AvgIpc) is 2.66. The summed E-state index contributed by atoms with van der Waals surface area (Å²) in [6.45, 7) is 9.04. The molecule has 110 valence electrons. The molecular formula is C14H26N2O3. The molecule has 5 nitrogen and oxygen atoms in total. The first-order valence-corrected chi connectivity index (χ1v) is 7.03. The van der Waals surface area contributed by atoms with Gasteiger partial charge in [0.05, 0.1) is 6.61 Å². The molecular weight excluding hydrogens is 244 g/mol. The number of piperidine rings is 1. The summed E-state index contributed by atoms with van der Waals surface area (Å²) in [4.78, 5) is 16.2. The first kappa shape index (κ1) is 14.6. The third-order valence-corrected chi connectivity index (χ3v) is 4.30. The smallest absolute Gasteiger partial charge is 0.410 e. The van der Waals surface area contributed by atoms with Crippen LogP contribution in [0.5, 0.6) is 0 Å². The van der Waals surface area contributed by atoms with E-state index >= 15 is 0 Å². The highest BCUT2D eigenvalue weighted by molar-refractivity contribution is 5.68. The van der Waals surface area contributed by atoms with Crippen LogP contribution >= 0.6 is 0 Å². The molecule has 2 aliphatic heterocycles. The number of carbonyl (C=O) groups is 1. The van der Waals surface area contributed by atoms with Gasteiger partial charge in [0.2, 0.25) is 0 Å². The van der Waals surface area contributed by atoms with Crippen LogP contribution in [0.2, 0.25) is 0 Å². The van der Waals surface area contributed by atoms with Gasteiger partial charge in [-0.1, -0.05) is 0 Å². The van der Waals surface area contributed by atoms with E-state index in [0.29, 0.717) is 19.0 Å². The van der Waals surface area contributed by atoms with Gasteiger partial charge >= 0.3 is 6.09 Å². The minimum atomic E-state index is -0.464. The summed E-state index contributed by atoms with van der Waals surface area (Å²) in [5.74, 6) is 0.351. The molecule has 0 aromatic rings. The number of aliphatic hydroxyl groups excluding tert-OH is 1. The van der Waals surface area contributed by atoms with Gasteiger partial charge in [-0.25, -0.2) is 4.79 Å². The summed E-state index contributed by atoms with van der Waals surface area (Å²) in [5.41, 5.74) is -0.586. The fourth-order valence-electron chi connectivity index (χ4n) is 3.17. The lowest BCUT2D eigenvalue weighted by Crippen LogP contribution is -2.47. The van der Waals surface area contributed by atoms with Gasteiger partial charge < -0.3 is 19.6 Å². The first-order valence-electron chi connectivity index (χ1n) is 7.03. The number of hydrogen-bond donors (Lipinski definition) is 1. The van der Waals surface area contributed by atoms with Gasteiger partial charge in [-0.15, -0.1) is 0 Å². The van der Waals surface area contributed by atoms with Crippen LogP contribution in [-0.4, -0.2) is 66.4 Å². The minimum absolute atomic E-state index is 0.122. The van der Waals surface area contributed by atoms with Crippen molar-refractivity contribution in [3.8, 4) is 0 Å². The number of aliphatic hydroxyl groups is 1. The average molecular weight is 270 g/mol. The lowest BCUT2D eigenvalue weighted by atomic mass is 9.73. The molecule has 0 aromatic carbocycles. The van der Waals surface area contributed by atoms with Crippen LogP contribution in [0.3, 0.4) is 0 Å². The molecule has 0 saturated carbocycles. The number of amides is 1. The standard InChI is InChI=1S/C14H26N2O3/c1-13(2,3)19-12(18)16-8-11-7-15(4)6-5-14(11,9-16)10-17/h11,17H,5-10H2,1-4H3/t11-,14-/m0/s1. The van der Waals surface area contributed by atoms with E-state index in [9.17, 15) is 9.90 Å². The van der Waals surface area contributed by atoms with E-state index in [2.05, 4.69) is 11.9 Å². The Kier molecular flexibility index (Phi) is 3.80. The number of ether oxygens (including phenoxy) is 1. The molecule has 2 fully saturated rings. The Morgan fingerprint density at radius 3 is 2.68 bits per heavy atom. The van der Waals surface area contributed by atoms with Crippen LogP contribution in [0.15, 0.2) is 0 Å². The van der Waals surface area contributed by atoms with Gasteiger partial charge in [0.25, 0.3) is 0 Å². The highest BCUT2D eigenvalue weighted by atomic mass is 16.6. The van der Waals surface area contributed by atoms with Gasteiger partial charge in [-0.3, -0.25) is 0 Å². The molecule has 2 saturated heterocycles. The zero-order chi connectivity index (χ0) is 14.3. The van der Waals surface area contributed by atoms with Crippen molar-refractivity contribution in [2.45, 2.75) is 32.8 Å². The van der Waals surface area contributed by atoms with E-state index in [-0.39, 0.29) is 18.1 Å². The Morgan fingerprint density at radius 2 is 2.11 bits per heavy atom. The molecule has 0 aliphatic carbocycles. The SMILES string of the molecule is CN1CC[C@@]2(CO)CN(C(=O)OC(C)(C)C)C[C@@H]2C1. The number of hydrogen-bond acceptors (Lipinski definition) is 4. The lowest BCUT2D eigenvalue weighted by molar-refractivity contribution is 0.0182. The topological polar surface area (TPSA) is 53.0 Å². The summed E-state index contributed by atoms with van der Waals surface area (Å²) in [7, 11) is 2.09. The Morgan fingerprint density at radius 1 is 1.42 bits per heavy atom. The third kappa shape index (κ3) is 3.03. The van der Waals surface area contributed by atoms with Gasteiger partial charge in [-0.2, -0.15) is 0 Å². The van der Waals surface area contributed by atoms with E-state index in [4.69, 9.17) is 4.74 Å². The van der Waals surface area contributed by atoms with Crippen molar-refractivity contribution in [3.63, 3.8) is 0 Å². The summed E-state index contributed by atoms with van der Waals surface area (Å²) in [5, 5.41) is 9.77. The summed E-state index contributed by atoms with van der Waals surface area (Å²) in [6.07, 6.45) is 0.696. The van der Waals surface area contributed by atoms with Crippen LogP contribution < -0.4 is 0 Å². The van der Waals surface area contributed by atoms with Crippen molar-refractivity contribution in [1.29, 1.82) is 0 Å². The second-order valence-electron chi connectivity index (χ2n) is 7.09. The van der Waals surface area contributed by atoms with Gasteiger partial charge in [0.15, 0.2) is 0 Å². The number of likely N-dealkylation sites (tertiary alicyclic amines) is 2. The fourth-order valence-corrected chi connectivity index (χ4v) is 3.17. The number of nitrogens with zero attached hydrogens (tertiary/aromatic N) is 2. The van der Waals surface area contributed by atoms with Gasteiger partial charge in [0.1, 0.15) is 5.60 Å². The summed E-state index contributed by atoms with van der Waals surface area (Å²) < 4.78 is 5.44. The Labute approximate surface area is 115 Å². The third-order valence-electron chi connectivity index (χ3n) is 4.30. The lowest BCUT2D eigenvalue weighted by Gasteiger charge is -2.40. The zero-order valence-corrected chi connectivity index (χ0v) is 12.5. The van der Waals surface area contributed by atoms with E-state index in [1.54, 1.807) is 4.90 Å². The quantitative estimate of drug-likeness (QED) is 0.777. The van der Waals surface area contributed by atoms with Crippen LogP contribution in [0, 0.1) is 11.3 Å². The molecule has 0 unspecified atom stereocenters. The predicted molar refractivity (Wildman–Crippen MR) is 72.9 cm³/mol. The van der Waals surface area contributed by atoms with E-state index in [1.807, 2.05) is 20.8 Å². The molecule has 0 aromatic heterocycles. The molecule has 1 N–H and O–H groups in total. The number of fused-ring (bicyclic) bond motifs is 1. The maximum Gasteiger partial charge on any atom is 0.410 e. The number of rotatable bonds is 1. The maximum atomic E-state index is 12.2. The predicted octanol–water partition coefficient (Wildman–Crippen LogP) is 1.17. The summed E-state index contributed by atoms with van der Waals surface area (Å²) >= 11 is 0. The zero-order valence-electron chi connectivity index (χ0n) is 12.5. The molecule has 5 heteroatoms. The van der Waals surface area contributed by atoms with Crippen molar-refractivity contribution in [2.24, 2.45) is 11.3 Å². The molecule has 19 heavy (non-hydrogen) atoms. The van der Waals surface area contributed by atoms with Crippen molar-refractivity contribution < 1.29 is 14.6 Å². The van der Waals surface area contributed by atoms with Crippen molar-refractivity contribution in [1.82, 2.24) is 9.80 Å². The van der Waals surface area contributed by atoms with Crippen molar-refractivity contribution in [2.75, 3.05) is 39.8 Å².